The zero-order valence-electron chi connectivity index (χ0n) is 25.5. The Labute approximate surface area is 236 Å². The van der Waals surface area contributed by atoms with Gasteiger partial charge in [0.2, 0.25) is 11.8 Å². The summed E-state index contributed by atoms with van der Waals surface area (Å²) in [6, 6.07) is 6.38. The monoisotopic (exact) mass is 543 g/mol. The Bertz CT molecular complexity index is 918. The molecule has 0 aromatic heterocycles. The van der Waals surface area contributed by atoms with E-state index in [0.29, 0.717) is 13.0 Å². The second-order valence-corrected chi connectivity index (χ2v) is 12.5. The molecular weight excluding hydrogens is 490 g/mol. The molecule has 0 aliphatic heterocycles. The Morgan fingerprint density at radius 3 is 2.28 bits per heavy atom. The molecule has 7 heteroatoms. The third kappa shape index (κ3) is 11.2. The first kappa shape index (κ1) is 32.6. The predicted molar refractivity (Wildman–Crippen MR) is 157 cm³/mol. The molecule has 2 N–H and O–H groups in total. The lowest BCUT2D eigenvalue weighted by atomic mass is 9.93. The van der Waals surface area contributed by atoms with Gasteiger partial charge in [-0.3, -0.25) is 9.59 Å². The van der Waals surface area contributed by atoms with E-state index in [4.69, 9.17) is 4.74 Å². The molecule has 220 valence electrons. The van der Waals surface area contributed by atoms with Crippen LogP contribution in [0.2, 0.25) is 0 Å². The Kier molecular flexibility index (Phi) is 13.3. The zero-order valence-corrected chi connectivity index (χ0v) is 25.5. The van der Waals surface area contributed by atoms with Gasteiger partial charge in [0.25, 0.3) is 0 Å². The zero-order chi connectivity index (χ0) is 29.0. The number of amides is 3. The molecule has 2 atom stereocenters. The number of carbonyl (C=O) groups is 3. The summed E-state index contributed by atoms with van der Waals surface area (Å²) in [6.07, 6.45) is 9.08. The first-order valence-corrected chi connectivity index (χ1v) is 15.1. The third-order valence-electron chi connectivity index (χ3n) is 7.23. The lowest BCUT2D eigenvalue weighted by molar-refractivity contribution is -0.143. The van der Waals surface area contributed by atoms with Crippen LogP contribution in [0, 0.1) is 12.8 Å². The van der Waals surface area contributed by atoms with Gasteiger partial charge >= 0.3 is 6.09 Å². The van der Waals surface area contributed by atoms with Crippen molar-refractivity contribution >= 4 is 17.9 Å². The van der Waals surface area contributed by atoms with Crippen molar-refractivity contribution in [3.8, 4) is 0 Å². The summed E-state index contributed by atoms with van der Waals surface area (Å²) in [6.45, 7) is 14.0. The largest absolute Gasteiger partial charge is 0.444 e. The summed E-state index contributed by atoms with van der Waals surface area (Å²) in [4.78, 5) is 42.9. The van der Waals surface area contributed by atoms with Crippen LogP contribution in [-0.2, 0) is 14.3 Å². The summed E-state index contributed by atoms with van der Waals surface area (Å²) in [7, 11) is 0. The minimum atomic E-state index is -0.792. The van der Waals surface area contributed by atoms with Gasteiger partial charge in [-0.2, -0.15) is 0 Å². The maximum absolute atomic E-state index is 14.3. The fraction of sp³-hybridized carbons (Fsp3) is 0.719. The molecule has 2 rings (SSSR count). The van der Waals surface area contributed by atoms with E-state index >= 15 is 0 Å². The number of rotatable bonds is 13. The second kappa shape index (κ2) is 15.9. The molecule has 3 amide bonds. The Balaban J connectivity index is 2.47. The van der Waals surface area contributed by atoms with Crippen LogP contribution >= 0.6 is 0 Å². The molecule has 1 aliphatic carbocycles. The van der Waals surface area contributed by atoms with Crippen molar-refractivity contribution in [1.29, 1.82) is 0 Å². The van der Waals surface area contributed by atoms with Crippen molar-refractivity contribution in [1.82, 2.24) is 15.5 Å². The van der Waals surface area contributed by atoms with Crippen LogP contribution in [0.5, 0.6) is 0 Å². The molecule has 0 radical (unpaired) electrons. The Hall–Kier alpha value is -2.57. The van der Waals surface area contributed by atoms with Crippen molar-refractivity contribution in [2.45, 2.75) is 136 Å². The Morgan fingerprint density at radius 2 is 1.69 bits per heavy atom. The number of carbonyl (C=O) groups excluding carboxylic acids is 3. The van der Waals surface area contributed by atoms with Crippen molar-refractivity contribution < 1.29 is 19.1 Å². The molecule has 1 aliphatic rings. The molecule has 2 unspecified atom stereocenters. The summed E-state index contributed by atoms with van der Waals surface area (Å²) in [5.41, 5.74) is 1.11. The number of unbranched alkanes of at least 4 members (excludes halogenated alkanes) is 3. The first-order valence-electron chi connectivity index (χ1n) is 15.1. The second-order valence-electron chi connectivity index (χ2n) is 12.5. The van der Waals surface area contributed by atoms with Gasteiger partial charge in [0.05, 0.1) is 0 Å². The summed E-state index contributed by atoms with van der Waals surface area (Å²) >= 11 is 0. The average molecular weight is 544 g/mol. The number of hydrogen-bond acceptors (Lipinski definition) is 4. The predicted octanol–water partition coefficient (Wildman–Crippen LogP) is 6.83. The maximum Gasteiger partial charge on any atom is 0.408 e. The highest BCUT2D eigenvalue weighted by molar-refractivity contribution is 5.92. The van der Waals surface area contributed by atoms with E-state index in [2.05, 4.69) is 17.6 Å². The van der Waals surface area contributed by atoms with Gasteiger partial charge in [-0.05, 0) is 70.4 Å². The molecule has 0 saturated heterocycles. The number of benzene rings is 1. The SMILES string of the molecule is CCCCCCN(C(=O)C(CC(C)C)NC(=O)OC(C)(C)C)C(C(=O)NC1CCCCC1)c1ccccc1C. The molecule has 1 fully saturated rings. The fourth-order valence-corrected chi connectivity index (χ4v) is 5.29. The van der Waals surface area contributed by atoms with Gasteiger partial charge in [-0.15, -0.1) is 0 Å². The molecule has 1 aromatic carbocycles. The molecular formula is C32H53N3O4. The van der Waals surface area contributed by atoms with Gasteiger partial charge in [-0.1, -0.05) is 83.6 Å². The van der Waals surface area contributed by atoms with E-state index in [0.717, 1.165) is 62.5 Å². The van der Waals surface area contributed by atoms with Crippen LogP contribution in [0.4, 0.5) is 4.79 Å². The molecule has 0 spiro atoms. The molecule has 0 bridgehead atoms. The molecule has 39 heavy (non-hydrogen) atoms. The smallest absolute Gasteiger partial charge is 0.408 e. The number of ether oxygens (including phenoxy) is 1. The highest BCUT2D eigenvalue weighted by Gasteiger charge is 2.37. The van der Waals surface area contributed by atoms with Gasteiger partial charge in [0, 0.05) is 12.6 Å². The number of aryl methyl sites for hydroxylation is 1. The highest BCUT2D eigenvalue weighted by Crippen LogP contribution is 2.28. The quantitative estimate of drug-likeness (QED) is 0.267. The lowest BCUT2D eigenvalue weighted by Gasteiger charge is -2.36. The number of alkyl carbamates (subject to hydrolysis) is 1. The topological polar surface area (TPSA) is 87.7 Å². The minimum absolute atomic E-state index is 0.126. The molecule has 1 aromatic rings. The van der Waals surface area contributed by atoms with E-state index in [1.165, 1.54) is 6.42 Å². The van der Waals surface area contributed by atoms with Crippen LogP contribution in [0.15, 0.2) is 24.3 Å². The van der Waals surface area contributed by atoms with E-state index < -0.39 is 23.8 Å². The molecule has 0 heterocycles. The van der Waals surface area contributed by atoms with Crippen molar-refractivity contribution in [2.75, 3.05) is 6.54 Å². The van der Waals surface area contributed by atoms with Crippen LogP contribution in [0.25, 0.3) is 0 Å². The van der Waals surface area contributed by atoms with Crippen LogP contribution in [0.1, 0.15) is 123 Å². The average Bonchev–Trinajstić information content (AvgIpc) is 2.85. The summed E-state index contributed by atoms with van der Waals surface area (Å²) in [5.74, 6) is -0.220. The summed E-state index contributed by atoms with van der Waals surface area (Å²) < 4.78 is 5.50. The summed E-state index contributed by atoms with van der Waals surface area (Å²) in [5, 5.41) is 6.13. The van der Waals surface area contributed by atoms with E-state index in [1.54, 1.807) is 25.7 Å². The number of hydrogen-bond donors (Lipinski definition) is 2. The number of nitrogens with zero attached hydrogens (tertiary/aromatic N) is 1. The maximum atomic E-state index is 14.3. The highest BCUT2D eigenvalue weighted by atomic mass is 16.6. The lowest BCUT2D eigenvalue weighted by Crippen LogP contribution is -2.54. The fourth-order valence-electron chi connectivity index (χ4n) is 5.29. The van der Waals surface area contributed by atoms with E-state index in [-0.39, 0.29) is 23.8 Å². The normalized spacial score (nSPS) is 15.9. The van der Waals surface area contributed by atoms with E-state index in [9.17, 15) is 14.4 Å². The third-order valence-corrected chi connectivity index (χ3v) is 7.23. The van der Waals surface area contributed by atoms with Gasteiger partial charge in [0.1, 0.15) is 17.7 Å². The van der Waals surface area contributed by atoms with E-state index in [1.807, 2.05) is 45.0 Å². The van der Waals surface area contributed by atoms with Crippen LogP contribution < -0.4 is 10.6 Å². The minimum Gasteiger partial charge on any atom is -0.444 e. The van der Waals surface area contributed by atoms with Crippen molar-refractivity contribution in [3.63, 3.8) is 0 Å². The van der Waals surface area contributed by atoms with Crippen LogP contribution in [0.3, 0.4) is 0 Å². The van der Waals surface area contributed by atoms with Gasteiger partial charge in [-0.25, -0.2) is 4.79 Å². The number of nitrogens with one attached hydrogen (secondary N) is 2. The first-order chi connectivity index (χ1) is 18.4. The standard InChI is InChI=1S/C32H53N3O4/c1-8-9-10-16-21-35(30(37)27(22-23(2)3)34-31(38)39-32(5,6)7)28(26-20-15-14-17-24(26)4)29(36)33-25-18-12-11-13-19-25/h14-15,17,20,23,25,27-28H,8-13,16,18-19,21-22H2,1-7H3,(H,33,36)(H,34,38). The van der Waals surface area contributed by atoms with Gasteiger partial charge < -0.3 is 20.3 Å². The molecule has 7 nitrogen and oxygen atoms in total. The molecule has 1 saturated carbocycles. The van der Waals surface area contributed by atoms with Gasteiger partial charge in [0.15, 0.2) is 0 Å². The Morgan fingerprint density at radius 1 is 1.03 bits per heavy atom. The van der Waals surface area contributed by atoms with Crippen molar-refractivity contribution in [3.05, 3.63) is 35.4 Å². The van der Waals surface area contributed by atoms with Crippen molar-refractivity contribution in [2.24, 2.45) is 5.92 Å². The van der Waals surface area contributed by atoms with Crippen LogP contribution in [-0.4, -0.2) is 47.0 Å².